The van der Waals surface area contributed by atoms with Crippen LogP contribution < -0.4 is 4.74 Å². The zero-order chi connectivity index (χ0) is 20.4. The van der Waals surface area contributed by atoms with Crippen LogP contribution in [0.1, 0.15) is 29.3 Å². The van der Waals surface area contributed by atoms with Gasteiger partial charge >= 0.3 is 0 Å². The predicted molar refractivity (Wildman–Crippen MR) is 109 cm³/mol. The van der Waals surface area contributed by atoms with Gasteiger partial charge in [-0.3, -0.25) is 5.10 Å². The summed E-state index contributed by atoms with van der Waals surface area (Å²) in [5, 5.41) is 17.5. The number of nitriles is 1. The number of rotatable bonds is 5. The molecule has 2 aromatic carbocycles. The highest BCUT2D eigenvalue weighted by Gasteiger charge is 2.18. The number of aromatic amines is 1. The summed E-state index contributed by atoms with van der Waals surface area (Å²) >= 11 is 6.05. The van der Waals surface area contributed by atoms with Gasteiger partial charge < -0.3 is 4.74 Å². The SMILES string of the molecule is CCc1ccc(Cc2n[nH]c3ncccc23)c(F)c1Oc1cc(Cl)cc(C#N)c1. The van der Waals surface area contributed by atoms with Crippen LogP contribution in [0.3, 0.4) is 0 Å². The van der Waals surface area contributed by atoms with Crippen LogP contribution in [-0.4, -0.2) is 15.2 Å². The molecule has 29 heavy (non-hydrogen) atoms. The Balaban J connectivity index is 1.73. The molecule has 2 heterocycles. The number of hydrogen-bond acceptors (Lipinski definition) is 4. The smallest absolute Gasteiger partial charge is 0.169 e. The van der Waals surface area contributed by atoms with Gasteiger partial charge in [0.05, 0.1) is 17.3 Å². The molecule has 4 aromatic rings. The number of nitrogens with zero attached hydrogens (tertiary/aromatic N) is 3. The topological polar surface area (TPSA) is 74.6 Å². The summed E-state index contributed by atoms with van der Waals surface area (Å²) in [6, 6.07) is 13.9. The number of pyridine rings is 1. The molecule has 0 amide bonds. The summed E-state index contributed by atoms with van der Waals surface area (Å²) in [5.74, 6) is -0.00813. The molecule has 0 atom stereocenters. The van der Waals surface area contributed by atoms with Crippen molar-refractivity contribution in [1.29, 1.82) is 5.26 Å². The van der Waals surface area contributed by atoms with Crippen LogP contribution in [-0.2, 0) is 12.8 Å². The molecule has 0 spiro atoms. The van der Waals surface area contributed by atoms with Crippen molar-refractivity contribution in [2.75, 3.05) is 0 Å². The summed E-state index contributed by atoms with van der Waals surface area (Å²) in [6.45, 7) is 1.92. The van der Waals surface area contributed by atoms with Gasteiger partial charge in [-0.2, -0.15) is 10.4 Å². The Hall–Kier alpha value is -3.43. The number of aromatic nitrogens is 3. The first-order valence-corrected chi connectivity index (χ1v) is 9.43. The largest absolute Gasteiger partial charge is 0.454 e. The summed E-state index contributed by atoms with van der Waals surface area (Å²) in [5.41, 5.74) is 2.89. The van der Waals surface area contributed by atoms with Gasteiger partial charge in [-0.05, 0) is 47.9 Å². The van der Waals surface area contributed by atoms with E-state index >= 15 is 4.39 Å². The summed E-state index contributed by atoms with van der Waals surface area (Å²) in [7, 11) is 0. The highest BCUT2D eigenvalue weighted by molar-refractivity contribution is 6.30. The standard InChI is InChI=1S/C22H16ClFN4O/c1-2-14-5-6-15(10-19-18-4-3-7-26-22(18)28-27-19)20(24)21(14)29-17-9-13(12-25)8-16(23)11-17/h3-9,11H,2,10H2,1H3,(H,26,27,28). The zero-order valence-electron chi connectivity index (χ0n) is 15.5. The van der Waals surface area contributed by atoms with Crippen molar-refractivity contribution in [3.05, 3.63) is 81.9 Å². The highest BCUT2D eigenvalue weighted by atomic mass is 35.5. The van der Waals surface area contributed by atoms with Crippen LogP contribution in [0.25, 0.3) is 11.0 Å². The molecule has 0 bridgehead atoms. The fraction of sp³-hybridized carbons (Fsp3) is 0.136. The Bertz CT molecular complexity index is 1250. The third-order valence-corrected chi connectivity index (χ3v) is 4.85. The molecular weight excluding hydrogens is 391 g/mol. The van der Waals surface area contributed by atoms with Crippen LogP contribution in [0.4, 0.5) is 4.39 Å². The molecule has 2 aromatic heterocycles. The normalized spacial score (nSPS) is 10.8. The van der Waals surface area contributed by atoms with Crippen LogP contribution in [0.15, 0.2) is 48.7 Å². The van der Waals surface area contributed by atoms with Crippen molar-refractivity contribution in [1.82, 2.24) is 15.2 Å². The molecule has 0 fully saturated rings. The van der Waals surface area contributed by atoms with Gasteiger partial charge in [-0.25, -0.2) is 9.37 Å². The number of fused-ring (bicyclic) bond motifs is 1. The Morgan fingerprint density at radius 1 is 1.21 bits per heavy atom. The average Bonchev–Trinajstić information content (AvgIpc) is 3.13. The molecule has 0 aliphatic rings. The van der Waals surface area contributed by atoms with E-state index in [1.54, 1.807) is 18.3 Å². The van der Waals surface area contributed by atoms with Gasteiger partial charge in [-0.15, -0.1) is 0 Å². The Morgan fingerprint density at radius 2 is 2.03 bits per heavy atom. The maximum Gasteiger partial charge on any atom is 0.169 e. The number of H-pyrrole nitrogens is 1. The van der Waals surface area contributed by atoms with Gasteiger partial charge in [0.15, 0.2) is 17.2 Å². The molecule has 1 N–H and O–H groups in total. The molecule has 7 heteroatoms. The lowest BCUT2D eigenvalue weighted by Crippen LogP contribution is -2.01. The number of nitrogens with one attached hydrogen (secondary N) is 1. The van der Waals surface area contributed by atoms with Crippen molar-refractivity contribution in [3.63, 3.8) is 0 Å². The molecule has 0 unspecified atom stereocenters. The van der Waals surface area contributed by atoms with Crippen LogP contribution >= 0.6 is 11.6 Å². The van der Waals surface area contributed by atoms with Gasteiger partial charge in [0.25, 0.3) is 0 Å². The number of aryl methyl sites for hydroxylation is 1. The van der Waals surface area contributed by atoms with E-state index in [9.17, 15) is 0 Å². The molecule has 4 rings (SSSR count). The summed E-state index contributed by atoms with van der Waals surface area (Å²) < 4.78 is 21.3. The molecule has 144 valence electrons. The van der Waals surface area contributed by atoms with Gasteiger partial charge in [0.2, 0.25) is 0 Å². The molecule has 0 radical (unpaired) electrons. The van der Waals surface area contributed by atoms with E-state index in [2.05, 4.69) is 15.2 Å². The quantitative estimate of drug-likeness (QED) is 0.470. The van der Waals surface area contributed by atoms with Gasteiger partial charge in [0, 0.05) is 23.0 Å². The number of halogens is 2. The number of hydrogen-bond donors (Lipinski definition) is 1. The Labute approximate surface area is 171 Å². The van der Waals surface area contributed by atoms with Crippen molar-refractivity contribution in [2.24, 2.45) is 0 Å². The highest BCUT2D eigenvalue weighted by Crippen LogP contribution is 2.34. The molecule has 5 nitrogen and oxygen atoms in total. The lowest BCUT2D eigenvalue weighted by Gasteiger charge is -2.14. The first kappa shape index (κ1) is 18.9. The minimum atomic E-state index is -0.456. The minimum Gasteiger partial charge on any atom is -0.454 e. The minimum absolute atomic E-state index is 0.133. The summed E-state index contributed by atoms with van der Waals surface area (Å²) in [4.78, 5) is 4.22. The van der Waals surface area contributed by atoms with Crippen LogP contribution in [0.5, 0.6) is 11.5 Å². The van der Waals surface area contributed by atoms with Gasteiger partial charge in [-0.1, -0.05) is 30.7 Å². The van der Waals surface area contributed by atoms with Crippen molar-refractivity contribution in [3.8, 4) is 17.6 Å². The average molecular weight is 407 g/mol. The van der Waals surface area contributed by atoms with Crippen molar-refractivity contribution >= 4 is 22.6 Å². The van der Waals surface area contributed by atoms with E-state index in [-0.39, 0.29) is 12.2 Å². The second-order valence-electron chi connectivity index (χ2n) is 6.52. The van der Waals surface area contributed by atoms with Gasteiger partial charge in [0.1, 0.15) is 5.75 Å². The fourth-order valence-corrected chi connectivity index (χ4v) is 3.41. The second-order valence-corrected chi connectivity index (χ2v) is 6.95. The Kier molecular flexibility index (Phi) is 5.15. The first-order valence-electron chi connectivity index (χ1n) is 9.05. The zero-order valence-corrected chi connectivity index (χ0v) is 16.3. The first-order chi connectivity index (χ1) is 14.1. The van der Waals surface area contributed by atoms with E-state index in [1.165, 1.54) is 12.1 Å². The van der Waals surface area contributed by atoms with Crippen LogP contribution in [0.2, 0.25) is 5.02 Å². The lowest BCUT2D eigenvalue weighted by atomic mass is 10.0. The third-order valence-electron chi connectivity index (χ3n) is 4.63. The van der Waals surface area contributed by atoms with E-state index in [1.807, 2.05) is 31.2 Å². The maximum absolute atomic E-state index is 15.4. The predicted octanol–water partition coefficient (Wildman–Crippen LogP) is 5.57. The van der Waals surface area contributed by atoms with Crippen molar-refractivity contribution < 1.29 is 9.13 Å². The Morgan fingerprint density at radius 3 is 2.83 bits per heavy atom. The summed E-state index contributed by atoms with van der Waals surface area (Å²) in [6.07, 6.45) is 2.55. The van der Waals surface area contributed by atoms with E-state index in [4.69, 9.17) is 21.6 Å². The van der Waals surface area contributed by atoms with E-state index in [0.717, 1.165) is 10.9 Å². The monoisotopic (exact) mass is 406 g/mol. The third kappa shape index (κ3) is 3.78. The van der Waals surface area contributed by atoms with Crippen LogP contribution in [0, 0.1) is 17.1 Å². The second kappa shape index (κ2) is 7.90. The van der Waals surface area contributed by atoms with Crippen molar-refractivity contribution in [2.45, 2.75) is 19.8 Å². The molecule has 0 aliphatic heterocycles. The lowest BCUT2D eigenvalue weighted by molar-refractivity contribution is 0.433. The number of ether oxygens (including phenoxy) is 1. The maximum atomic E-state index is 15.4. The molecular formula is C22H16ClFN4O. The number of benzene rings is 2. The fourth-order valence-electron chi connectivity index (χ4n) is 3.19. The molecule has 0 aliphatic carbocycles. The molecule has 0 saturated heterocycles. The molecule has 0 saturated carbocycles. The van der Waals surface area contributed by atoms with E-state index in [0.29, 0.717) is 39.7 Å². The van der Waals surface area contributed by atoms with E-state index < -0.39 is 5.82 Å².